The Morgan fingerprint density at radius 2 is 2.20 bits per heavy atom. The summed E-state index contributed by atoms with van der Waals surface area (Å²) >= 11 is 3.22. The van der Waals surface area contributed by atoms with Gasteiger partial charge in [-0.25, -0.2) is 0 Å². The normalized spacial score (nSPS) is 14.2. The van der Waals surface area contributed by atoms with Gasteiger partial charge in [0.1, 0.15) is 5.76 Å². The van der Waals surface area contributed by atoms with Gasteiger partial charge in [0.25, 0.3) is 0 Å². The molecule has 0 radical (unpaired) electrons. The highest BCUT2D eigenvalue weighted by Crippen LogP contribution is 2.22. The van der Waals surface area contributed by atoms with Gasteiger partial charge in [0.2, 0.25) is 0 Å². The first-order valence-corrected chi connectivity index (χ1v) is 5.20. The van der Waals surface area contributed by atoms with Crippen molar-refractivity contribution in [2.45, 2.75) is 32.1 Å². The molecule has 0 aliphatic heterocycles. The third-order valence-corrected chi connectivity index (χ3v) is 2.55. The van der Waals surface area contributed by atoms with Gasteiger partial charge >= 0.3 is 6.18 Å². The van der Waals surface area contributed by atoms with Crippen LogP contribution in [-0.2, 0) is 6.54 Å². The van der Waals surface area contributed by atoms with E-state index in [0.29, 0.717) is 5.76 Å². The smallest absolute Gasteiger partial charge is 0.390 e. The maximum Gasteiger partial charge on any atom is 0.390 e. The van der Waals surface area contributed by atoms with Crippen molar-refractivity contribution in [1.82, 2.24) is 5.32 Å². The molecule has 0 bridgehead atoms. The van der Waals surface area contributed by atoms with Gasteiger partial charge in [-0.1, -0.05) is 0 Å². The molecule has 1 N–H and O–H groups in total. The van der Waals surface area contributed by atoms with Gasteiger partial charge in [0.15, 0.2) is 0 Å². The number of hydrogen-bond donors (Lipinski definition) is 1. The third-order valence-electron chi connectivity index (χ3n) is 1.84. The van der Waals surface area contributed by atoms with E-state index in [9.17, 15) is 13.2 Å². The summed E-state index contributed by atoms with van der Waals surface area (Å²) in [6.45, 7) is 1.77. The van der Waals surface area contributed by atoms with Crippen LogP contribution >= 0.6 is 15.9 Å². The molecule has 6 heteroatoms. The Morgan fingerprint density at radius 3 is 2.67 bits per heavy atom. The molecule has 1 atom stereocenters. The van der Waals surface area contributed by atoms with Crippen molar-refractivity contribution < 1.29 is 17.6 Å². The summed E-state index contributed by atoms with van der Waals surface area (Å²) in [4.78, 5) is 0. The highest BCUT2D eigenvalue weighted by molar-refractivity contribution is 9.10. The minimum atomic E-state index is -4.13. The van der Waals surface area contributed by atoms with Gasteiger partial charge < -0.3 is 9.73 Å². The first kappa shape index (κ1) is 12.6. The van der Waals surface area contributed by atoms with Crippen LogP contribution < -0.4 is 5.32 Å². The number of nitrogens with one attached hydrogen (secondary N) is 1. The van der Waals surface area contributed by atoms with Crippen molar-refractivity contribution in [2.24, 2.45) is 0 Å². The predicted octanol–water partition coefficient (Wildman–Crippen LogP) is 3.47. The molecule has 1 heterocycles. The molecule has 0 saturated carbocycles. The average Bonchev–Trinajstić information content (AvgIpc) is 2.44. The SMILES string of the molecule is CC(CC(F)(F)F)NCc1occc1Br. The van der Waals surface area contributed by atoms with Crippen molar-refractivity contribution in [3.05, 3.63) is 22.6 Å². The molecular formula is C9H11BrF3NO. The molecule has 0 aromatic carbocycles. The standard InChI is InChI=1S/C9H11BrF3NO/c1-6(4-9(11,12)13)14-5-8-7(10)2-3-15-8/h2-3,6,14H,4-5H2,1H3. The van der Waals surface area contributed by atoms with Crippen molar-refractivity contribution in [3.8, 4) is 0 Å². The van der Waals surface area contributed by atoms with Crippen LogP contribution in [0.2, 0.25) is 0 Å². The lowest BCUT2D eigenvalue weighted by Crippen LogP contribution is -2.30. The van der Waals surface area contributed by atoms with E-state index in [4.69, 9.17) is 4.42 Å². The first-order chi connectivity index (χ1) is 6.88. The molecule has 1 rings (SSSR count). The number of halogens is 4. The van der Waals surface area contributed by atoms with Crippen molar-refractivity contribution in [1.29, 1.82) is 0 Å². The zero-order valence-corrected chi connectivity index (χ0v) is 9.65. The largest absolute Gasteiger partial charge is 0.467 e. The lowest BCUT2D eigenvalue weighted by molar-refractivity contribution is -0.139. The fourth-order valence-electron chi connectivity index (χ4n) is 1.14. The van der Waals surface area contributed by atoms with Gasteiger partial charge in [0.05, 0.1) is 23.7 Å². The molecular weight excluding hydrogens is 275 g/mol. The van der Waals surface area contributed by atoms with Crippen molar-refractivity contribution in [3.63, 3.8) is 0 Å². The molecule has 15 heavy (non-hydrogen) atoms. The number of furan rings is 1. The van der Waals surface area contributed by atoms with Crippen LogP contribution in [-0.4, -0.2) is 12.2 Å². The maximum absolute atomic E-state index is 12.0. The topological polar surface area (TPSA) is 25.2 Å². The fraction of sp³-hybridized carbons (Fsp3) is 0.556. The van der Waals surface area contributed by atoms with Crippen molar-refractivity contribution in [2.75, 3.05) is 0 Å². The lowest BCUT2D eigenvalue weighted by Gasteiger charge is -2.14. The van der Waals surface area contributed by atoms with E-state index in [1.165, 1.54) is 13.2 Å². The second-order valence-electron chi connectivity index (χ2n) is 3.29. The Hall–Kier alpha value is -0.490. The second kappa shape index (κ2) is 5.03. The van der Waals surface area contributed by atoms with E-state index in [1.807, 2.05) is 0 Å². The number of hydrogen-bond acceptors (Lipinski definition) is 2. The summed E-state index contributed by atoms with van der Waals surface area (Å²) in [5, 5.41) is 2.74. The van der Waals surface area contributed by atoms with Crippen molar-refractivity contribution >= 4 is 15.9 Å². The zero-order chi connectivity index (χ0) is 11.5. The average molecular weight is 286 g/mol. The summed E-state index contributed by atoms with van der Waals surface area (Å²) in [6.07, 6.45) is -3.49. The maximum atomic E-state index is 12.0. The van der Waals surface area contributed by atoms with E-state index in [2.05, 4.69) is 21.2 Å². The third kappa shape index (κ3) is 4.70. The quantitative estimate of drug-likeness (QED) is 0.916. The Bertz CT molecular complexity index is 311. The van der Waals surface area contributed by atoms with E-state index in [1.54, 1.807) is 6.07 Å². The van der Waals surface area contributed by atoms with Crippen LogP contribution in [0.5, 0.6) is 0 Å². The molecule has 1 aromatic heterocycles. The van der Waals surface area contributed by atoms with Gasteiger partial charge in [-0.3, -0.25) is 0 Å². The van der Waals surface area contributed by atoms with Gasteiger partial charge in [0, 0.05) is 6.04 Å². The monoisotopic (exact) mass is 285 g/mol. The fourth-order valence-corrected chi connectivity index (χ4v) is 1.48. The summed E-state index contributed by atoms with van der Waals surface area (Å²) in [6, 6.07) is 1.08. The van der Waals surface area contributed by atoms with Crippen LogP contribution in [0, 0.1) is 0 Å². The van der Waals surface area contributed by atoms with Crippen LogP contribution in [0.15, 0.2) is 21.2 Å². The molecule has 0 spiro atoms. The number of rotatable bonds is 4. The molecule has 2 nitrogen and oxygen atoms in total. The molecule has 1 aromatic rings. The molecule has 0 aliphatic carbocycles. The minimum absolute atomic E-state index is 0.283. The van der Waals surface area contributed by atoms with Gasteiger partial charge in [-0.2, -0.15) is 13.2 Å². The number of alkyl halides is 3. The summed E-state index contributed by atoms with van der Waals surface area (Å²) in [7, 11) is 0. The van der Waals surface area contributed by atoms with Crippen LogP contribution in [0.25, 0.3) is 0 Å². The molecule has 86 valence electrons. The van der Waals surface area contributed by atoms with Crippen LogP contribution in [0.3, 0.4) is 0 Å². The Kier molecular flexibility index (Phi) is 4.21. The highest BCUT2D eigenvalue weighted by Gasteiger charge is 2.29. The minimum Gasteiger partial charge on any atom is -0.467 e. The van der Waals surface area contributed by atoms with E-state index in [0.717, 1.165) is 4.47 Å². The molecule has 1 unspecified atom stereocenters. The Labute approximate surface area is 94.0 Å². The van der Waals surface area contributed by atoms with Gasteiger partial charge in [-0.05, 0) is 28.9 Å². The summed E-state index contributed by atoms with van der Waals surface area (Å²) < 4.78 is 41.7. The van der Waals surface area contributed by atoms with E-state index in [-0.39, 0.29) is 6.54 Å². The molecule has 0 amide bonds. The predicted molar refractivity (Wildman–Crippen MR) is 53.4 cm³/mol. The van der Waals surface area contributed by atoms with Crippen LogP contribution in [0.1, 0.15) is 19.1 Å². The summed E-state index contributed by atoms with van der Waals surface area (Å²) in [5.41, 5.74) is 0. The first-order valence-electron chi connectivity index (χ1n) is 4.40. The van der Waals surface area contributed by atoms with E-state index >= 15 is 0 Å². The molecule has 0 saturated heterocycles. The van der Waals surface area contributed by atoms with E-state index < -0.39 is 18.6 Å². The zero-order valence-electron chi connectivity index (χ0n) is 8.07. The van der Waals surface area contributed by atoms with Crippen LogP contribution in [0.4, 0.5) is 13.2 Å². The lowest BCUT2D eigenvalue weighted by atomic mass is 10.2. The highest BCUT2D eigenvalue weighted by atomic mass is 79.9. The molecule has 0 aliphatic rings. The molecule has 0 fully saturated rings. The Balaban J connectivity index is 2.35. The summed E-state index contributed by atoms with van der Waals surface area (Å²) in [5.74, 6) is 0.601. The Morgan fingerprint density at radius 1 is 1.53 bits per heavy atom. The second-order valence-corrected chi connectivity index (χ2v) is 4.15. The van der Waals surface area contributed by atoms with Gasteiger partial charge in [-0.15, -0.1) is 0 Å².